The lowest BCUT2D eigenvalue weighted by Gasteiger charge is -2.10. The van der Waals surface area contributed by atoms with Gasteiger partial charge < -0.3 is 9.84 Å². The van der Waals surface area contributed by atoms with Crippen LogP contribution in [0.4, 0.5) is 5.69 Å². The van der Waals surface area contributed by atoms with Gasteiger partial charge in [0.05, 0.1) is 11.0 Å². The highest BCUT2D eigenvalue weighted by molar-refractivity contribution is 5.90. The number of aromatic nitrogens is 1. The molecule has 0 amide bonds. The van der Waals surface area contributed by atoms with Gasteiger partial charge in [-0.25, -0.2) is 4.79 Å². The molecule has 0 fully saturated rings. The second-order valence-corrected chi connectivity index (χ2v) is 3.99. The van der Waals surface area contributed by atoms with Crippen LogP contribution in [0.15, 0.2) is 36.7 Å². The molecule has 1 heterocycles. The number of carbonyl (C=O) groups is 1. The zero-order chi connectivity index (χ0) is 14.7. The van der Waals surface area contributed by atoms with Gasteiger partial charge in [-0.15, -0.1) is 0 Å². The van der Waals surface area contributed by atoms with Crippen LogP contribution in [0.5, 0.6) is 11.5 Å². The lowest BCUT2D eigenvalue weighted by Crippen LogP contribution is -2.01. The number of hydrogen-bond donors (Lipinski definition) is 1. The summed E-state index contributed by atoms with van der Waals surface area (Å²) in [5.41, 5.74) is 0.415. The molecule has 0 aliphatic rings. The number of pyridine rings is 1. The molecule has 102 valence electrons. The molecular weight excluding hydrogens is 264 g/mol. The Labute approximate surface area is 113 Å². The van der Waals surface area contributed by atoms with Crippen molar-refractivity contribution in [3.05, 3.63) is 57.9 Å². The second-order valence-electron chi connectivity index (χ2n) is 3.99. The maximum absolute atomic E-state index is 11.0. The van der Waals surface area contributed by atoms with Gasteiger partial charge in [0.25, 0.3) is 5.69 Å². The van der Waals surface area contributed by atoms with E-state index in [9.17, 15) is 14.9 Å². The molecule has 1 N–H and O–H groups in total. The predicted octanol–water partition coefficient (Wildman–Crippen LogP) is 2.79. The highest BCUT2D eigenvalue weighted by atomic mass is 16.6. The van der Waals surface area contributed by atoms with Crippen molar-refractivity contribution in [2.75, 3.05) is 0 Å². The molecule has 0 radical (unpaired) electrons. The first-order chi connectivity index (χ1) is 9.49. The summed E-state index contributed by atoms with van der Waals surface area (Å²) in [6.45, 7) is 1.71. The fourth-order valence-corrected chi connectivity index (χ4v) is 1.56. The van der Waals surface area contributed by atoms with Crippen LogP contribution in [0.25, 0.3) is 0 Å². The Morgan fingerprint density at radius 3 is 2.75 bits per heavy atom. The van der Waals surface area contributed by atoms with E-state index in [2.05, 4.69) is 4.98 Å². The number of nitro groups is 1. The molecule has 0 saturated heterocycles. The van der Waals surface area contributed by atoms with E-state index in [4.69, 9.17) is 9.84 Å². The summed E-state index contributed by atoms with van der Waals surface area (Å²) in [5.74, 6) is -0.875. The fraction of sp³-hybridized carbons (Fsp3) is 0.0769. The van der Waals surface area contributed by atoms with Gasteiger partial charge in [-0.05, 0) is 18.6 Å². The van der Waals surface area contributed by atoms with Gasteiger partial charge in [-0.3, -0.25) is 15.1 Å². The fourth-order valence-electron chi connectivity index (χ4n) is 1.56. The van der Waals surface area contributed by atoms with Crippen LogP contribution >= 0.6 is 0 Å². The average Bonchev–Trinajstić information content (AvgIpc) is 2.41. The summed E-state index contributed by atoms with van der Waals surface area (Å²) in [5, 5.41) is 19.8. The third kappa shape index (κ3) is 2.72. The largest absolute Gasteiger partial charge is 0.477 e. The molecule has 20 heavy (non-hydrogen) atoms. The van der Waals surface area contributed by atoms with Crippen molar-refractivity contribution in [3.63, 3.8) is 0 Å². The number of non-ortho nitro benzene ring substituents is 1. The van der Waals surface area contributed by atoms with E-state index in [0.29, 0.717) is 5.56 Å². The predicted molar refractivity (Wildman–Crippen MR) is 69.1 cm³/mol. The smallest absolute Gasteiger partial charge is 0.341 e. The van der Waals surface area contributed by atoms with Crippen LogP contribution < -0.4 is 4.74 Å². The van der Waals surface area contributed by atoms with Crippen LogP contribution in [0.1, 0.15) is 15.9 Å². The van der Waals surface area contributed by atoms with Crippen molar-refractivity contribution in [3.8, 4) is 11.5 Å². The second kappa shape index (κ2) is 5.35. The number of carboxylic acid groups (broad SMARTS) is 1. The molecule has 7 heteroatoms. The molecule has 0 saturated carbocycles. The third-order valence-corrected chi connectivity index (χ3v) is 2.61. The number of benzene rings is 1. The zero-order valence-corrected chi connectivity index (χ0v) is 10.4. The van der Waals surface area contributed by atoms with Gasteiger partial charge in [-0.1, -0.05) is 0 Å². The monoisotopic (exact) mass is 274 g/mol. The van der Waals surface area contributed by atoms with Crippen molar-refractivity contribution in [1.82, 2.24) is 4.98 Å². The molecule has 0 aliphatic heterocycles. The minimum atomic E-state index is -1.18. The first-order valence-corrected chi connectivity index (χ1v) is 5.59. The van der Waals surface area contributed by atoms with Gasteiger partial charge in [0.1, 0.15) is 17.1 Å². The molecule has 2 aromatic rings. The van der Waals surface area contributed by atoms with E-state index in [-0.39, 0.29) is 22.7 Å². The van der Waals surface area contributed by atoms with Crippen molar-refractivity contribution >= 4 is 11.7 Å². The Balaban J connectivity index is 2.42. The van der Waals surface area contributed by atoms with E-state index in [1.807, 2.05) is 0 Å². The van der Waals surface area contributed by atoms with Gasteiger partial charge in [0.2, 0.25) is 0 Å². The Morgan fingerprint density at radius 2 is 2.10 bits per heavy atom. The van der Waals surface area contributed by atoms with Crippen LogP contribution in [0.2, 0.25) is 0 Å². The van der Waals surface area contributed by atoms with Gasteiger partial charge in [-0.2, -0.15) is 0 Å². The summed E-state index contributed by atoms with van der Waals surface area (Å²) in [4.78, 5) is 24.9. The van der Waals surface area contributed by atoms with Gasteiger partial charge >= 0.3 is 5.97 Å². The van der Waals surface area contributed by atoms with E-state index >= 15 is 0 Å². The highest BCUT2D eigenvalue weighted by Crippen LogP contribution is 2.30. The molecule has 0 atom stereocenters. The van der Waals surface area contributed by atoms with Crippen molar-refractivity contribution in [2.24, 2.45) is 0 Å². The van der Waals surface area contributed by atoms with E-state index in [1.54, 1.807) is 6.92 Å². The third-order valence-electron chi connectivity index (χ3n) is 2.61. The molecule has 2 rings (SSSR count). The molecule has 7 nitrogen and oxygen atoms in total. The Bertz CT molecular complexity index is 684. The van der Waals surface area contributed by atoms with Crippen LogP contribution in [0, 0.1) is 17.0 Å². The highest BCUT2D eigenvalue weighted by Gasteiger charge is 2.15. The SMILES string of the molecule is Cc1ccc([N+](=O)[O-])cc1Oc1ccncc1C(=O)O. The minimum absolute atomic E-state index is 0.0797. The molecular formula is C13H10N2O5. The van der Waals surface area contributed by atoms with Crippen LogP contribution in [0.3, 0.4) is 0 Å². The number of ether oxygens (including phenoxy) is 1. The number of aromatic carboxylic acids is 1. The first-order valence-electron chi connectivity index (χ1n) is 5.59. The maximum atomic E-state index is 11.0. The Morgan fingerprint density at radius 1 is 1.35 bits per heavy atom. The number of carboxylic acids is 1. The summed E-state index contributed by atoms with van der Waals surface area (Å²) in [7, 11) is 0. The molecule has 0 bridgehead atoms. The summed E-state index contributed by atoms with van der Waals surface area (Å²) >= 11 is 0. The number of aryl methyl sites for hydroxylation is 1. The lowest BCUT2D eigenvalue weighted by atomic mass is 10.2. The average molecular weight is 274 g/mol. The normalized spacial score (nSPS) is 10.1. The number of hydrogen-bond acceptors (Lipinski definition) is 5. The van der Waals surface area contributed by atoms with Crippen LogP contribution in [-0.2, 0) is 0 Å². The van der Waals surface area contributed by atoms with Crippen molar-refractivity contribution in [2.45, 2.75) is 6.92 Å². The zero-order valence-electron chi connectivity index (χ0n) is 10.4. The van der Waals surface area contributed by atoms with Gasteiger partial charge in [0, 0.05) is 24.5 Å². The molecule has 0 aliphatic carbocycles. The Kier molecular flexibility index (Phi) is 3.60. The summed E-state index contributed by atoms with van der Waals surface area (Å²) in [6, 6.07) is 5.53. The van der Waals surface area contributed by atoms with Crippen LogP contribution in [-0.4, -0.2) is 21.0 Å². The maximum Gasteiger partial charge on any atom is 0.341 e. The Hall–Kier alpha value is -2.96. The van der Waals surface area contributed by atoms with E-state index in [1.165, 1.54) is 30.5 Å². The van der Waals surface area contributed by atoms with Crippen molar-refractivity contribution < 1.29 is 19.6 Å². The van der Waals surface area contributed by atoms with Gasteiger partial charge in [0.15, 0.2) is 0 Å². The number of nitrogens with zero attached hydrogens (tertiary/aromatic N) is 2. The molecule has 1 aromatic heterocycles. The first kappa shape index (κ1) is 13.5. The lowest BCUT2D eigenvalue weighted by molar-refractivity contribution is -0.384. The van der Waals surface area contributed by atoms with E-state index in [0.717, 1.165) is 6.20 Å². The minimum Gasteiger partial charge on any atom is -0.477 e. The number of nitro benzene ring substituents is 1. The number of rotatable bonds is 4. The molecule has 0 spiro atoms. The topological polar surface area (TPSA) is 103 Å². The van der Waals surface area contributed by atoms with E-state index < -0.39 is 10.9 Å². The summed E-state index contributed by atoms with van der Waals surface area (Å²) < 4.78 is 5.47. The standard InChI is InChI=1S/C13H10N2O5/c1-8-2-3-9(15(18)19)6-12(8)20-11-4-5-14-7-10(11)13(16)17/h2-7H,1H3,(H,16,17). The molecule has 0 unspecified atom stereocenters. The summed E-state index contributed by atoms with van der Waals surface area (Å²) in [6.07, 6.45) is 2.54. The molecule has 1 aromatic carbocycles. The van der Waals surface area contributed by atoms with Crippen molar-refractivity contribution in [1.29, 1.82) is 0 Å². The quantitative estimate of drug-likeness (QED) is 0.679.